The van der Waals surface area contributed by atoms with Crippen LogP contribution >= 0.6 is 11.8 Å². The van der Waals surface area contributed by atoms with Crippen molar-refractivity contribution < 1.29 is 14.7 Å². The Morgan fingerprint density at radius 1 is 1.40 bits per heavy atom. The number of carbonyl (C=O) groups is 2. The molecule has 1 rings (SSSR count). The zero-order valence-corrected chi connectivity index (χ0v) is 12.7. The van der Waals surface area contributed by atoms with Gasteiger partial charge in [-0.15, -0.1) is 11.8 Å². The Kier molecular flexibility index (Phi) is 6.51. The molecule has 0 saturated heterocycles. The number of amides is 1. The average molecular weight is 296 g/mol. The molecule has 20 heavy (non-hydrogen) atoms. The molecule has 0 fully saturated rings. The van der Waals surface area contributed by atoms with Crippen LogP contribution in [0.5, 0.6) is 0 Å². The molecule has 6 heteroatoms. The Bertz CT molecular complexity index is 475. The second kappa shape index (κ2) is 7.89. The lowest BCUT2D eigenvalue weighted by Crippen LogP contribution is -2.38. The minimum atomic E-state index is -1.07. The van der Waals surface area contributed by atoms with Crippen molar-refractivity contribution in [2.75, 3.05) is 0 Å². The van der Waals surface area contributed by atoms with Gasteiger partial charge in [0.1, 0.15) is 5.69 Å². The van der Waals surface area contributed by atoms with E-state index in [2.05, 4.69) is 10.3 Å². The van der Waals surface area contributed by atoms with E-state index in [0.29, 0.717) is 0 Å². The molecular formula is C14H20N2O3S. The molecule has 1 atom stereocenters. The topological polar surface area (TPSA) is 79.3 Å². The number of pyridine rings is 1. The van der Waals surface area contributed by atoms with Gasteiger partial charge in [-0.2, -0.15) is 0 Å². The van der Waals surface area contributed by atoms with Gasteiger partial charge in [-0.1, -0.05) is 13.8 Å². The molecule has 1 amide bonds. The minimum absolute atomic E-state index is 0.0115. The summed E-state index contributed by atoms with van der Waals surface area (Å²) in [5, 5.41) is 11.6. The molecule has 0 bridgehead atoms. The normalized spacial score (nSPS) is 12.2. The number of carbonyl (C=O) groups excluding carboxylic acids is 1. The Morgan fingerprint density at radius 2 is 2.05 bits per heavy atom. The smallest absolute Gasteiger partial charge is 0.354 e. The number of carboxylic acids is 1. The number of carboxylic acid groups (broad SMARTS) is 1. The number of nitrogens with one attached hydrogen (secondary N) is 1. The first-order chi connectivity index (χ1) is 9.47. The van der Waals surface area contributed by atoms with E-state index in [1.807, 2.05) is 20.8 Å². The Morgan fingerprint density at radius 3 is 2.60 bits per heavy atom. The summed E-state index contributed by atoms with van der Waals surface area (Å²) in [5.74, 6) is -1.10. The number of aromatic carboxylic acids is 1. The van der Waals surface area contributed by atoms with Gasteiger partial charge < -0.3 is 10.4 Å². The molecule has 5 nitrogen and oxygen atoms in total. The summed E-state index contributed by atoms with van der Waals surface area (Å²) in [6, 6.07) is 3.38. The van der Waals surface area contributed by atoms with Gasteiger partial charge >= 0.3 is 5.97 Å². The molecule has 1 aromatic rings. The van der Waals surface area contributed by atoms with E-state index in [9.17, 15) is 9.59 Å². The number of hydrogen-bond acceptors (Lipinski definition) is 4. The van der Waals surface area contributed by atoms with Crippen LogP contribution in [0, 0.1) is 0 Å². The van der Waals surface area contributed by atoms with Gasteiger partial charge in [-0.05, 0) is 31.9 Å². The summed E-state index contributed by atoms with van der Waals surface area (Å²) in [7, 11) is 0. The fourth-order valence-corrected chi connectivity index (χ4v) is 2.57. The zero-order valence-electron chi connectivity index (χ0n) is 11.9. The SMILES string of the molecule is CCC(CC)NC(=O)C(C)Sc1ccnc(C(=O)O)c1. The molecular weight excluding hydrogens is 276 g/mol. The van der Waals surface area contributed by atoms with Gasteiger partial charge in [-0.3, -0.25) is 4.79 Å². The van der Waals surface area contributed by atoms with E-state index in [-0.39, 0.29) is 22.9 Å². The molecule has 1 aromatic heterocycles. The van der Waals surface area contributed by atoms with Gasteiger partial charge in [0.25, 0.3) is 0 Å². The molecule has 0 aliphatic rings. The van der Waals surface area contributed by atoms with Crippen molar-refractivity contribution in [3.8, 4) is 0 Å². The fourth-order valence-electron chi connectivity index (χ4n) is 1.67. The molecule has 0 spiro atoms. The molecule has 2 N–H and O–H groups in total. The highest BCUT2D eigenvalue weighted by Gasteiger charge is 2.17. The van der Waals surface area contributed by atoms with Crippen LogP contribution in [0.15, 0.2) is 23.2 Å². The summed E-state index contributed by atoms with van der Waals surface area (Å²) in [5.41, 5.74) is -0.0115. The highest BCUT2D eigenvalue weighted by molar-refractivity contribution is 8.00. The van der Waals surface area contributed by atoms with Gasteiger partial charge in [0.05, 0.1) is 5.25 Å². The van der Waals surface area contributed by atoms with Crippen LogP contribution in [0.1, 0.15) is 44.1 Å². The van der Waals surface area contributed by atoms with Gasteiger partial charge in [0, 0.05) is 17.1 Å². The Balaban J connectivity index is 2.65. The van der Waals surface area contributed by atoms with Crippen LogP contribution in [0.2, 0.25) is 0 Å². The van der Waals surface area contributed by atoms with Crippen molar-refractivity contribution >= 4 is 23.6 Å². The summed E-state index contributed by atoms with van der Waals surface area (Å²) >= 11 is 1.33. The maximum absolute atomic E-state index is 12.0. The third kappa shape index (κ3) is 4.85. The van der Waals surface area contributed by atoms with E-state index in [0.717, 1.165) is 17.7 Å². The standard InChI is InChI=1S/C14H20N2O3S/c1-4-10(5-2)16-13(17)9(3)20-11-6-7-15-12(8-11)14(18)19/h6-10H,4-5H2,1-3H3,(H,16,17)(H,18,19). The predicted octanol–water partition coefficient (Wildman–Crippen LogP) is 2.57. The molecule has 0 aromatic carbocycles. The Hall–Kier alpha value is -1.56. The molecule has 110 valence electrons. The van der Waals surface area contributed by atoms with Crippen molar-refractivity contribution in [1.82, 2.24) is 10.3 Å². The summed E-state index contributed by atoms with van der Waals surface area (Å²) in [4.78, 5) is 27.4. The third-order valence-electron chi connectivity index (χ3n) is 2.96. The third-order valence-corrected chi connectivity index (χ3v) is 4.06. The summed E-state index contributed by atoms with van der Waals surface area (Å²) in [6.45, 7) is 5.88. The lowest BCUT2D eigenvalue weighted by Gasteiger charge is -2.18. The summed E-state index contributed by atoms with van der Waals surface area (Å²) in [6.07, 6.45) is 3.24. The first-order valence-electron chi connectivity index (χ1n) is 6.64. The van der Waals surface area contributed by atoms with Crippen molar-refractivity contribution in [3.05, 3.63) is 24.0 Å². The highest BCUT2D eigenvalue weighted by atomic mass is 32.2. The molecule has 0 aliphatic heterocycles. The molecule has 0 radical (unpaired) electrons. The second-order valence-electron chi connectivity index (χ2n) is 4.46. The first kappa shape index (κ1) is 16.5. The van der Waals surface area contributed by atoms with Crippen LogP contribution in [0.4, 0.5) is 0 Å². The quantitative estimate of drug-likeness (QED) is 0.756. The molecule has 1 heterocycles. The van der Waals surface area contributed by atoms with Crippen molar-refractivity contribution in [2.24, 2.45) is 0 Å². The Labute approximate surface area is 123 Å². The van der Waals surface area contributed by atoms with E-state index in [1.165, 1.54) is 24.0 Å². The van der Waals surface area contributed by atoms with E-state index < -0.39 is 5.97 Å². The van der Waals surface area contributed by atoms with Crippen LogP contribution in [-0.2, 0) is 4.79 Å². The van der Waals surface area contributed by atoms with Crippen LogP contribution in [-0.4, -0.2) is 33.3 Å². The summed E-state index contributed by atoms with van der Waals surface area (Å²) < 4.78 is 0. The van der Waals surface area contributed by atoms with Crippen molar-refractivity contribution in [1.29, 1.82) is 0 Å². The van der Waals surface area contributed by atoms with Crippen molar-refractivity contribution in [2.45, 2.75) is 49.8 Å². The lowest BCUT2D eigenvalue weighted by molar-refractivity contribution is -0.121. The number of hydrogen-bond donors (Lipinski definition) is 2. The number of aromatic nitrogens is 1. The maximum atomic E-state index is 12.0. The number of thioether (sulfide) groups is 1. The lowest BCUT2D eigenvalue weighted by atomic mass is 10.2. The maximum Gasteiger partial charge on any atom is 0.354 e. The van der Waals surface area contributed by atoms with E-state index in [4.69, 9.17) is 5.11 Å². The molecule has 1 unspecified atom stereocenters. The van der Waals surface area contributed by atoms with Crippen LogP contribution < -0.4 is 5.32 Å². The zero-order chi connectivity index (χ0) is 15.1. The van der Waals surface area contributed by atoms with Gasteiger partial charge in [0.15, 0.2) is 0 Å². The van der Waals surface area contributed by atoms with Gasteiger partial charge in [-0.25, -0.2) is 9.78 Å². The predicted molar refractivity (Wildman–Crippen MR) is 79.0 cm³/mol. The number of nitrogens with zero attached hydrogens (tertiary/aromatic N) is 1. The first-order valence-corrected chi connectivity index (χ1v) is 7.52. The monoisotopic (exact) mass is 296 g/mol. The van der Waals surface area contributed by atoms with Crippen LogP contribution in [0.3, 0.4) is 0 Å². The van der Waals surface area contributed by atoms with Gasteiger partial charge in [0.2, 0.25) is 5.91 Å². The number of rotatable bonds is 7. The largest absolute Gasteiger partial charge is 0.477 e. The molecule has 0 aliphatic carbocycles. The van der Waals surface area contributed by atoms with Crippen LogP contribution in [0.25, 0.3) is 0 Å². The van der Waals surface area contributed by atoms with Crippen molar-refractivity contribution in [3.63, 3.8) is 0 Å². The average Bonchev–Trinajstić information content (AvgIpc) is 2.44. The minimum Gasteiger partial charge on any atom is -0.477 e. The van der Waals surface area contributed by atoms with E-state index in [1.54, 1.807) is 6.07 Å². The van der Waals surface area contributed by atoms with E-state index >= 15 is 0 Å². The fraction of sp³-hybridized carbons (Fsp3) is 0.500. The second-order valence-corrected chi connectivity index (χ2v) is 5.88. The highest BCUT2D eigenvalue weighted by Crippen LogP contribution is 2.23. The molecule has 0 saturated carbocycles.